The van der Waals surface area contributed by atoms with Crippen LogP contribution in [0.5, 0.6) is 5.75 Å². The second-order valence-electron chi connectivity index (χ2n) is 10.0. The number of fused-ring (bicyclic) bond motifs is 2. The summed E-state index contributed by atoms with van der Waals surface area (Å²) < 4.78 is 25.8. The number of benzene rings is 1. The highest BCUT2D eigenvalue weighted by Crippen LogP contribution is 2.33. The number of nitriles is 1. The van der Waals surface area contributed by atoms with Gasteiger partial charge >= 0.3 is 6.09 Å². The Labute approximate surface area is 215 Å². The third-order valence-corrected chi connectivity index (χ3v) is 6.42. The van der Waals surface area contributed by atoms with Crippen LogP contribution in [0.1, 0.15) is 38.3 Å². The first-order valence-electron chi connectivity index (χ1n) is 12.2. The molecule has 0 radical (unpaired) electrons. The molecule has 0 unspecified atom stereocenters. The number of carbonyl (C=O) groups excluding carboxylic acids is 1. The Kier molecular flexibility index (Phi) is 6.38. The van der Waals surface area contributed by atoms with Gasteiger partial charge in [0, 0.05) is 55.2 Å². The van der Waals surface area contributed by atoms with E-state index >= 15 is 0 Å². The number of carbonyl (C=O) groups is 1. The van der Waals surface area contributed by atoms with E-state index in [9.17, 15) is 14.4 Å². The number of allylic oxidation sites excluding steroid dienone is 2. The number of rotatable bonds is 4. The van der Waals surface area contributed by atoms with Crippen molar-refractivity contribution in [2.75, 3.05) is 19.7 Å². The fourth-order valence-corrected chi connectivity index (χ4v) is 4.69. The Morgan fingerprint density at radius 3 is 2.92 bits per heavy atom. The molecule has 5 rings (SSSR count). The van der Waals surface area contributed by atoms with E-state index in [0.29, 0.717) is 61.1 Å². The minimum Gasteiger partial charge on any atom is -0.493 e. The molecule has 0 bridgehead atoms. The lowest BCUT2D eigenvalue weighted by Gasteiger charge is -2.35. The van der Waals surface area contributed by atoms with E-state index in [4.69, 9.17) is 9.47 Å². The maximum Gasteiger partial charge on any atom is 0.410 e. The minimum atomic E-state index is -0.562. The molecule has 1 aromatic carbocycles. The van der Waals surface area contributed by atoms with Crippen molar-refractivity contribution in [3.63, 3.8) is 0 Å². The summed E-state index contributed by atoms with van der Waals surface area (Å²) >= 11 is 0. The monoisotopic (exact) mass is 504 g/mol. The summed E-state index contributed by atoms with van der Waals surface area (Å²) in [5.41, 5.74) is 5.88. The van der Waals surface area contributed by atoms with Crippen LogP contribution in [-0.2, 0) is 17.7 Å². The molecule has 0 spiro atoms. The molecule has 9 nitrogen and oxygen atoms in total. The fourth-order valence-electron chi connectivity index (χ4n) is 4.69. The molecule has 0 aromatic heterocycles. The number of amides is 1. The summed E-state index contributed by atoms with van der Waals surface area (Å²) in [4.78, 5) is 15.9. The molecule has 4 heterocycles. The molecular formula is C27H29FN6O3. The van der Waals surface area contributed by atoms with E-state index in [-0.39, 0.29) is 18.5 Å². The molecule has 10 heteroatoms. The van der Waals surface area contributed by atoms with Gasteiger partial charge in [-0.2, -0.15) is 10.4 Å². The Balaban J connectivity index is 1.41. The van der Waals surface area contributed by atoms with Gasteiger partial charge in [-0.1, -0.05) is 6.08 Å². The van der Waals surface area contributed by atoms with Crippen LogP contribution in [0.15, 0.2) is 64.3 Å². The predicted molar refractivity (Wildman–Crippen MR) is 135 cm³/mol. The van der Waals surface area contributed by atoms with Gasteiger partial charge in [-0.15, -0.1) is 0 Å². The summed E-state index contributed by atoms with van der Waals surface area (Å²) in [5.74, 6) is 1.52. The highest BCUT2D eigenvalue weighted by atomic mass is 19.1. The average Bonchev–Trinajstić information content (AvgIpc) is 3.36. The van der Waals surface area contributed by atoms with Crippen LogP contribution < -0.4 is 15.5 Å². The first-order valence-corrected chi connectivity index (χ1v) is 12.2. The van der Waals surface area contributed by atoms with Crippen molar-refractivity contribution in [1.29, 1.82) is 5.26 Å². The van der Waals surface area contributed by atoms with Crippen molar-refractivity contribution in [1.82, 2.24) is 20.5 Å². The number of nitrogens with one attached hydrogen (secondary N) is 2. The van der Waals surface area contributed by atoms with Crippen molar-refractivity contribution >= 4 is 11.9 Å². The van der Waals surface area contributed by atoms with E-state index in [1.54, 1.807) is 34.3 Å². The van der Waals surface area contributed by atoms with Gasteiger partial charge in [-0.25, -0.2) is 9.18 Å². The number of nitrogens with zero attached hydrogens (tertiary/aromatic N) is 4. The molecule has 0 aliphatic carbocycles. The first kappa shape index (κ1) is 24.4. The number of hydrogen-bond acceptors (Lipinski definition) is 8. The first-order chi connectivity index (χ1) is 17.7. The van der Waals surface area contributed by atoms with Gasteiger partial charge in [0.15, 0.2) is 5.84 Å². The lowest BCUT2D eigenvalue weighted by Crippen LogP contribution is -2.42. The topological polar surface area (TPSA) is 102 Å². The van der Waals surface area contributed by atoms with E-state index in [2.05, 4.69) is 21.9 Å². The zero-order valence-corrected chi connectivity index (χ0v) is 21.1. The number of hydrazone groups is 1. The van der Waals surface area contributed by atoms with E-state index < -0.39 is 5.60 Å². The van der Waals surface area contributed by atoms with Crippen LogP contribution in [0.25, 0.3) is 0 Å². The predicted octanol–water partition coefficient (Wildman–Crippen LogP) is 3.78. The van der Waals surface area contributed by atoms with Crippen molar-refractivity contribution in [3.8, 4) is 11.8 Å². The molecule has 1 aromatic rings. The van der Waals surface area contributed by atoms with Gasteiger partial charge in [-0.3, -0.25) is 10.3 Å². The Morgan fingerprint density at radius 1 is 1.35 bits per heavy atom. The van der Waals surface area contributed by atoms with E-state index in [0.717, 1.165) is 16.7 Å². The van der Waals surface area contributed by atoms with Gasteiger partial charge < -0.3 is 19.7 Å². The maximum atomic E-state index is 14.7. The highest BCUT2D eigenvalue weighted by molar-refractivity contribution is 6.06. The molecule has 2 N–H and O–H groups in total. The summed E-state index contributed by atoms with van der Waals surface area (Å²) in [6.07, 6.45) is 8.09. The molecule has 0 saturated carbocycles. The largest absolute Gasteiger partial charge is 0.493 e. The average molecular weight is 505 g/mol. The molecule has 37 heavy (non-hydrogen) atoms. The lowest BCUT2D eigenvalue weighted by molar-refractivity contribution is 0.0266. The van der Waals surface area contributed by atoms with Gasteiger partial charge in [0.05, 0.1) is 12.2 Å². The number of hydrogen-bond donors (Lipinski definition) is 2. The third-order valence-electron chi connectivity index (χ3n) is 6.42. The zero-order valence-electron chi connectivity index (χ0n) is 21.1. The van der Waals surface area contributed by atoms with E-state index in [1.807, 2.05) is 26.8 Å². The minimum absolute atomic E-state index is 0.195. The van der Waals surface area contributed by atoms with Crippen LogP contribution in [0.2, 0.25) is 0 Å². The Hall–Kier alpha value is -4.26. The van der Waals surface area contributed by atoms with Gasteiger partial charge in [-0.05, 0) is 51.0 Å². The number of halogens is 1. The Bertz CT molecular complexity index is 1330. The molecule has 4 aliphatic heterocycles. The molecular weight excluding hydrogens is 475 g/mol. The van der Waals surface area contributed by atoms with Crippen LogP contribution in [0.3, 0.4) is 0 Å². The summed E-state index contributed by atoms with van der Waals surface area (Å²) in [7, 11) is 0. The van der Waals surface area contributed by atoms with Crippen molar-refractivity contribution in [2.24, 2.45) is 5.10 Å². The van der Waals surface area contributed by atoms with Crippen molar-refractivity contribution < 1.29 is 18.7 Å². The summed E-state index contributed by atoms with van der Waals surface area (Å²) in [6.45, 7) is 7.14. The smallest absolute Gasteiger partial charge is 0.410 e. The van der Waals surface area contributed by atoms with Crippen LogP contribution in [0.4, 0.5) is 9.18 Å². The molecule has 0 saturated heterocycles. The van der Waals surface area contributed by atoms with Crippen LogP contribution >= 0.6 is 0 Å². The Morgan fingerprint density at radius 2 is 2.19 bits per heavy atom. The van der Waals surface area contributed by atoms with Gasteiger partial charge in [0.2, 0.25) is 0 Å². The van der Waals surface area contributed by atoms with Crippen molar-refractivity contribution in [2.45, 2.75) is 45.8 Å². The molecule has 0 fully saturated rings. The van der Waals surface area contributed by atoms with Crippen molar-refractivity contribution in [3.05, 3.63) is 76.2 Å². The number of ether oxygens (including phenoxy) is 2. The molecule has 4 aliphatic rings. The normalized spacial score (nSPS) is 18.5. The maximum absolute atomic E-state index is 14.7. The third kappa shape index (κ3) is 4.89. The van der Waals surface area contributed by atoms with Crippen LogP contribution in [0, 0.1) is 17.1 Å². The standard InChI is InChI=1S/C27H29FN6O3/c1-27(2,3)37-26(35)33-10-6-17(7-11-33)20-14-18(15-29)24(34-12-9-31-32-25(20)34)30-16-21-19-8-13-36-23(19)5-4-22(21)28/h4-6,9,12,14,30-31H,7-8,10-11,13,16H2,1-3H3. The van der Waals surface area contributed by atoms with Gasteiger partial charge in [0.25, 0.3) is 0 Å². The quantitative estimate of drug-likeness (QED) is 0.643. The number of amidine groups is 1. The van der Waals surface area contributed by atoms with E-state index in [1.165, 1.54) is 6.07 Å². The molecule has 1 amide bonds. The molecule has 192 valence electrons. The second kappa shape index (κ2) is 9.65. The molecule has 0 atom stereocenters. The lowest BCUT2D eigenvalue weighted by atomic mass is 9.93. The highest BCUT2D eigenvalue weighted by Gasteiger charge is 2.32. The van der Waals surface area contributed by atoms with Gasteiger partial charge in [0.1, 0.15) is 29.1 Å². The fraction of sp³-hybridized carbons (Fsp3) is 0.370. The summed E-state index contributed by atoms with van der Waals surface area (Å²) in [5, 5.41) is 17.8. The second-order valence-corrected chi connectivity index (χ2v) is 10.0. The zero-order chi connectivity index (χ0) is 26.2. The van der Waals surface area contributed by atoms with Crippen LogP contribution in [-0.4, -0.2) is 47.0 Å². The SMILES string of the molecule is CC(C)(C)OC(=O)N1CC=C(C2=CC(C#N)=C(NCc3c(F)ccc4c3CCO4)N3C=CNN=C23)CC1. The summed E-state index contributed by atoms with van der Waals surface area (Å²) in [6, 6.07) is 5.34.